The van der Waals surface area contributed by atoms with Crippen molar-refractivity contribution >= 4 is 23.3 Å². The predicted octanol–water partition coefficient (Wildman–Crippen LogP) is 5.04. The third-order valence-electron chi connectivity index (χ3n) is 2.58. The summed E-state index contributed by atoms with van der Waals surface area (Å²) in [5.74, 6) is -0.215. The Morgan fingerprint density at radius 2 is 1.71 bits per heavy atom. The van der Waals surface area contributed by atoms with Crippen LogP contribution in [0.3, 0.4) is 0 Å². The Labute approximate surface area is 105 Å². The van der Waals surface area contributed by atoms with Crippen LogP contribution in [0, 0.1) is 5.82 Å². The third kappa shape index (κ3) is 2.75. The fourth-order valence-electron chi connectivity index (χ4n) is 1.68. The summed E-state index contributed by atoms with van der Waals surface area (Å²) in [4.78, 5) is 0. The molecule has 86 valence electrons. The highest BCUT2D eigenvalue weighted by atomic mass is 35.5. The molecule has 0 atom stereocenters. The van der Waals surface area contributed by atoms with Crippen LogP contribution in [0.1, 0.15) is 18.1 Å². The third-order valence-corrected chi connectivity index (χ3v) is 2.92. The molecule has 0 fully saturated rings. The summed E-state index contributed by atoms with van der Waals surface area (Å²) < 4.78 is 13.6. The molecule has 0 radical (unpaired) electrons. The Balaban J connectivity index is 2.42. The molecular formula is C15H12ClF. The van der Waals surface area contributed by atoms with E-state index in [-0.39, 0.29) is 5.82 Å². The number of allylic oxidation sites excluding steroid dienone is 1. The normalized spacial score (nSPS) is 11.6. The lowest BCUT2D eigenvalue weighted by Gasteiger charge is -2.04. The molecule has 2 rings (SSSR count). The van der Waals surface area contributed by atoms with Crippen LogP contribution in [-0.4, -0.2) is 0 Å². The topological polar surface area (TPSA) is 0 Å². The number of hydrogen-bond acceptors (Lipinski definition) is 0. The van der Waals surface area contributed by atoms with Gasteiger partial charge in [-0.15, -0.1) is 0 Å². The molecule has 0 heterocycles. The molecular weight excluding hydrogens is 235 g/mol. The van der Waals surface area contributed by atoms with E-state index in [2.05, 4.69) is 0 Å². The molecule has 0 bridgehead atoms. The monoisotopic (exact) mass is 246 g/mol. The lowest BCUT2D eigenvalue weighted by molar-refractivity contribution is 0.624. The van der Waals surface area contributed by atoms with E-state index < -0.39 is 0 Å². The maximum Gasteiger partial charge on any atom is 0.130 e. The average molecular weight is 247 g/mol. The molecule has 0 spiro atoms. The van der Waals surface area contributed by atoms with E-state index in [9.17, 15) is 4.39 Å². The molecule has 0 unspecified atom stereocenters. The first-order valence-electron chi connectivity index (χ1n) is 5.36. The summed E-state index contributed by atoms with van der Waals surface area (Å²) in [6.45, 7) is 1.88. The van der Waals surface area contributed by atoms with E-state index >= 15 is 0 Å². The van der Waals surface area contributed by atoms with Crippen molar-refractivity contribution in [3.63, 3.8) is 0 Å². The number of rotatable bonds is 2. The van der Waals surface area contributed by atoms with Crippen LogP contribution < -0.4 is 0 Å². The van der Waals surface area contributed by atoms with Crippen molar-refractivity contribution in [2.24, 2.45) is 0 Å². The van der Waals surface area contributed by atoms with E-state index in [1.807, 2.05) is 43.3 Å². The van der Waals surface area contributed by atoms with E-state index in [1.54, 1.807) is 12.1 Å². The van der Waals surface area contributed by atoms with Crippen LogP contribution in [0.25, 0.3) is 11.6 Å². The first-order chi connectivity index (χ1) is 8.18. The van der Waals surface area contributed by atoms with E-state index in [1.165, 1.54) is 6.07 Å². The Hall–Kier alpha value is -1.60. The molecule has 0 nitrogen and oxygen atoms in total. The van der Waals surface area contributed by atoms with Gasteiger partial charge in [-0.25, -0.2) is 4.39 Å². The minimum absolute atomic E-state index is 0.215. The fourth-order valence-corrected chi connectivity index (χ4v) is 1.87. The Kier molecular flexibility index (Phi) is 3.60. The van der Waals surface area contributed by atoms with Gasteiger partial charge in [0.2, 0.25) is 0 Å². The zero-order chi connectivity index (χ0) is 12.3. The quantitative estimate of drug-likeness (QED) is 0.651. The molecule has 0 saturated carbocycles. The molecule has 0 aromatic heterocycles. The average Bonchev–Trinajstić information content (AvgIpc) is 2.32. The number of halogens is 2. The standard InChI is InChI=1S/C15H12ClF/c1-11(13-7-3-5-9-15(13)17)10-12-6-2-4-8-14(12)16/h2-10H,1H3. The van der Waals surface area contributed by atoms with E-state index in [0.29, 0.717) is 10.6 Å². The largest absolute Gasteiger partial charge is 0.206 e. The van der Waals surface area contributed by atoms with Gasteiger partial charge in [-0.2, -0.15) is 0 Å². The predicted molar refractivity (Wildman–Crippen MR) is 71.4 cm³/mol. The highest BCUT2D eigenvalue weighted by Gasteiger charge is 2.03. The Morgan fingerprint density at radius 3 is 2.41 bits per heavy atom. The SMILES string of the molecule is CC(=Cc1ccccc1Cl)c1ccccc1F. The van der Waals surface area contributed by atoms with Gasteiger partial charge in [0.05, 0.1) is 0 Å². The van der Waals surface area contributed by atoms with Crippen molar-refractivity contribution in [1.82, 2.24) is 0 Å². The van der Waals surface area contributed by atoms with Crippen molar-refractivity contribution in [3.8, 4) is 0 Å². The summed E-state index contributed by atoms with van der Waals surface area (Å²) in [5, 5.41) is 0.670. The van der Waals surface area contributed by atoms with Crippen LogP contribution in [0.15, 0.2) is 48.5 Å². The second-order valence-electron chi connectivity index (χ2n) is 3.83. The molecule has 0 aliphatic heterocycles. The van der Waals surface area contributed by atoms with Crippen molar-refractivity contribution in [1.29, 1.82) is 0 Å². The van der Waals surface area contributed by atoms with Crippen LogP contribution in [0.5, 0.6) is 0 Å². The van der Waals surface area contributed by atoms with Gasteiger partial charge in [-0.3, -0.25) is 0 Å². The zero-order valence-electron chi connectivity index (χ0n) is 9.45. The summed E-state index contributed by atoms with van der Waals surface area (Å²) in [6, 6.07) is 14.2. The molecule has 0 amide bonds. The molecule has 0 aliphatic carbocycles. The minimum atomic E-state index is -0.215. The number of benzene rings is 2. The van der Waals surface area contributed by atoms with Crippen molar-refractivity contribution in [2.45, 2.75) is 6.92 Å². The Bertz CT molecular complexity index is 558. The highest BCUT2D eigenvalue weighted by molar-refractivity contribution is 6.32. The van der Waals surface area contributed by atoms with Gasteiger partial charge in [0.25, 0.3) is 0 Å². The first-order valence-corrected chi connectivity index (χ1v) is 5.74. The van der Waals surface area contributed by atoms with Crippen LogP contribution in [0.4, 0.5) is 4.39 Å². The summed E-state index contributed by atoms with van der Waals surface area (Å²) in [7, 11) is 0. The minimum Gasteiger partial charge on any atom is -0.206 e. The van der Waals surface area contributed by atoms with Crippen LogP contribution >= 0.6 is 11.6 Å². The van der Waals surface area contributed by atoms with Gasteiger partial charge >= 0.3 is 0 Å². The molecule has 2 aromatic carbocycles. The summed E-state index contributed by atoms with van der Waals surface area (Å²) in [6.07, 6.45) is 1.89. The maximum atomic E-state index is 13.6. The second-order valence-corrected chi connectivity index (χ2v) is 4.24. The highest BCUT2D eigenvalue weighted by Crippen LogP contribution is 2.23. The van der Waals surface area contributed by atoms with Crippen molar-refractivity contribution in [2.75, 3.05) is 0 Å². The summed E-state index contributed by atoms with van der Waals surface area (Å²) in [5.41, 5.74) is 2.36. The van der Waals surface area contributed by atoms with Gasteiger partial charge in [0.1, 0.15) is 5.82 Å². The summed E-state index contributed by atoms with van der Waals surface area (Å²) >= 11 is 6.06. The van der Waals surface area contributed by atoms with E-state index in [0.717, 1.165) is 11.1 Å². The van der Waals surface area contributed by atoms with Gasteiger partial charge in [-0.05, 0) is 36.3 Å². The van der Waals surface area contributed by atoms with Crippen LogP contribution in [-0.2, 0) is 0 Å². The van der Waals surface area contributed by atoms with Crippen molar-refractivity contribution < 1.29 is 4.39 Å². The second kappa shape index (κ2) is 5.15. The Morgan fingerprint density at radius 1 is 1.06 bits per heavy atom. The van der Waals surface area contributed by atoms with E-state index in [4.69, 9.17) is 11.6 Å². The lowest BCUT2D eigenvalue weighted by Crippen LogP contribution is -1.86. The van der Waals surface area contributed by atoms with Gasteiger partial charge in [0.15, 0.2) is 0 Å². The molecule has 17 heavy (non-hydrogen) atoms. The first kappa shape index (κ1) is 11.9. The maximum absolute atomic E-state index is 13.6. The molecule has 0 saturated heterocycles. The van der Waals surface area contributed by atoms with Gasteiger partial charge in [-0.1, -0.05) is 48.0 Å². The molecule has 2 heteroatoms. The molecule has 2 aromatic rings. The fraction of sp³-hybridized carbons (Fsp3) is 0.0667. The smallest absolute Gasteiger partial charge is 0.130 e. The zero-order valence-corrected chi connectivity index (χ0v) is 10.2. The van der Waals surface area contributed by atoms with Crippen molar-refractivity contribution in [3.05, 3.63) is 70.5 Å². The lowest BCUT2D eigenvalue weighted by atomic mass is 10.0. The molecule has 0 aliphatic rings. The van der Waals surface area contributed by atoms with Gasteiger partial charge in [0, 0.05) is 10.6 Å². The molecule has 0 N–H and O–H groups in total. The number of hydrogen-bond donors (Lipinski definition) is 0. The van der Waals surface area contributed by atoms with Gasteiger partial charge < -0.3 is 0 Å². The van der Waals surface area contributed by atoms with Crippen LogP contribution in [0.2, 0.25) is 5.02 Å².